The molecular formula is C25H39NSi. The molecule has 1 aliphatic carbocycles. The van der Waals surface area contributed by atoms with Gasteiger partial charge in [-0.05, 0) is 61.1 Å². The highest BCUT2D eigenvalue weighted by molar-refractivity contribution is 6.58. The van der Waals surface area contributed by atoms with Gasteiger partial charge in [-0.1, -0.05) is 82.1 Å². The van der Waals surface area contributed by atoms with Gasteiger partial charge < -0.3 is 0 Å². The standard InChI is InChI=1S/C25H39NSi/c1-2-3-4-17-27-18-15-22(16-19-27)6-5-21-7-11-24(12-8-21)25-13-9-23(20-26)10-14-25/h9-10,13-14,21-22,24,27H,2-8,11-12,15-19H2,1H3. The molecule has 0 unspecified atom stereocenters. The summed E-state index contributed by atoms with van der Waals surface area (Å²) in [6.07, 6.45) is 16.1. The van der Waals surface area contributed by atoms with Gasteiger partial charge in [-0.25, -0.2) is 0 Å². The van der Waals surface area contributed by atoms with Crippen LogP contribution in [0.5, 0.6) is 0 Å². The van der Waals surface area contributed by atoms with Crippen LogP contribution in [0.3, 0.4) is 0 Å². The predicted octanol–water partition coefficient (Wildman–Crippen LogP) is 7.44. The Morgan fingerprint density at radius 3 is 2.11 bits per heavy atom. The van der Waals surface area contributed by atoms with Crippen molar-refractivity contribution < 1.29 is 0 Å². The van der Waals surface area contributed by atoms with Gasteiger partial charge in [0.25, 0.3) is 0 Å². The zero-order valence-electron chi connectivity index (χ0n) is 17.5. The van der Waals surface area contributed by atoms with Gasteiger partial charge in [0.05, 0.1) is 11.6 Å². The van der Waals surface area contributed by atoms with Gasteiger partial charge in [-0.15, -0.1) is 0 Å². The summed E-state index contributed by atoms with van der Waals surface area (Å²) in [6, 6.07) is 15.5. The van der Waals surface area contributed by atoms with E-state index in [1.165, 1.54) is 63.4 Å². The third-order valence-corrected chi connectivity index (χ3v) is 11.0. The van der Waals surface area contributed by atoms with Crippen molar-refractivity contribution in [2.75, 3.05) is 0 Å². The molecule has 0 spiro atoms. The number of unbranched alkanes of at least 4 members (excludes halogenated alkanes) is 2. The molecule has 1 saturated heterocycles. The molecule has 27 heavy (non-hydrogen) atoms. The number of hydrogen-bond acceptors (Lipinski definition) is 1. The fourth-order valence-corrected chi connectivity index (χ4v) is 9.20. The second-order valence-electron chi connectivity index (χ2n) is 9.41. The van der Waals surface area contributed by atoms with Crippen molar-refractivity contribution in [3.05, 3.63) is 35.4 Å². The summed E-state index contributed by atoms with van der Waals surface area (Å²) in [5, 5.41) is 8.96. The smallest absolute Gasteiger partial charge is 0.0991 e. The lowest BCUT2D eigenvalue weighted by Crippen LogP contribution is -2.22. The molecular weight excluding hydrogens is 342 g/mol. The highest BCUT2D eigenvalue weighted by atomic mass is 28.3. The second-order valence-corrected chi connectivity index (χ2v) is 12.9. The molecule has 1 nitrogen and oxygen atoms in total. The SMILES string of the molecule is CCCCC[SiH]1CCC(CCC2CCC(c3ccc(C#N)cc3)CC2)CC1. The fraction of sp³-hybridized carbons (Fsp3) is 0.720. The monoisotopic (exact) mass is 381 g/mol. The van der Waals surface area contributed by atoms with Gasteiger partial charge in [0, 0.05) is 8.80 Å². The Bertz CT molecular complexity index is 571. The average molecular weight is 382 g/mol. The van der Waals surface area contributed by atoms with Crippen LogP contribution in [0, 0.1) is 23.2 Å². The highest BCUT2D eigenvalue weighted by Crippen LogP contribution is 2.39. The summed E-state index contributed by atoms with van der Waals surface area (Å²) < 4.78 is 0. The second kappa shape index (κ2) is 11.1. The first-order chi connectivity index (χ1) is 13.3. The van der Waals surface area contributed by atoms with Crippen molar-refractivity contribution >= 4 is 8.80 Å². The van der Waals surface area contributed by atoms with Gasteiger partial charge >= 0.3 is 0 Å². The van der Waals surface area contributed by atoms with E-state index in [2.05, 4.69) is 25.1 Å². The minimum atomic E-state index is -0.325. The molecule has 2 heteroatoms. The molecule has 0 N–H and O–H groups in total. The van der Waals surface area contributed by atoms with E-state index in [-0.39, 0.29) is 8.80 Å². The van der Waals surface area contributed by atoms with Crippen LogP contribution >= 0.6 is 0 Å². The maximum absolute atomic E-state index is 8.96. The summed E-state index contributed by atoms with van der Waals surface area (Å²) in [6.45, 7) is 2.33. The van der Waals surface area contributed by atoms with Crippen LogP contribution in [-0.4, -0.2) is 8.80 Å². The molecule has 1 heterocycles. The Kier molecular flexibility index (Phi) is 8.46. The summed E-state index contributed by atoms with van der Waals surface area (Å²) in [4.78, 5) is 0. The topological polar surface area (TPSA) is 23.8 Å². The third kappa shape index (κ3) is 6.49. The van der Waals surface area contributed by atoms with Gasteiger partial charge in [0.1, 0.15) is 0 Å². The first-order valence-corrected chi connectivity index (χ1v) is 14.2. The molecule has 2 fully saturated rings. The van der Waals surface area contributed by atoms with Crippen LogP contribution in [0.15, 0.2) is 24.3 Å². The molecule has 1 aliphatic heterocycles. The van der Waals surface area contributed by atoms with E-state index in [1.807, 2.05) is 12.1 Å². The predicted molar refractivity (Wildman–Crippen MR) is 119 cm³/mol. The molecule has 1 aromatic rings. The Balaban J connectivity index is 1.31. The summed E-state index contributed by atoms with van der Waals surface area (Å²) in [7, 11) is -0.325. The van der Waals surface area contributed by atoms with Crippen molar-refractivity contribution in [2.45, 2.75) is 102 Å². The highest BCUT2D eigenvalue weighted by Gasteiger charge is 2.25. The Morgan fingerprint density at radius 2 is 1.52 bits per heavy atom. The quantitative estimate of drug-likeness (QED) is 0.339. The first-order valence-electron chi connectivity index (χ1n) is 11.8. The van der Waals surface area contributed by atoms with E-state index in [4.69, 9.17) is 5.26 Å². The van der Waals surface area contributed by atoms with E-state index in [1.54, 1.807) is 31.0 Å². The van der Waals surface area contributed by atoms with Crippen molar-refractivity contribution in [3.8, 4) is 6.07 Å². The minimum absolute atomic E-state index is 0.325. The van der Waals surface area contributed by atoms with Crippen molar-refractivity contribution in [2.24, 2.45) is 11.8 Å². The number of nitriles is 1. The lowest BCUT2D eigenvalue weighted by Gasteiger charge is -2.32. The number of rotatable bonds is 8. The van der Waals surface area contributed by atoms with E-state index in [0.717, 1.165) is 23.3 Å². The Hall–Kier alpha value is -1.07. The third-order valence-electron chi connectivity index (χ3n) is 7.52. The molecule has 0 radical (unpaired) electrons. The van der Waals surface area contributed by atoms with Crippen molar-refractivity contribution in [1.29, 1.82) is 5.26 Å². The van der Waals surface area contributed by atoms with Crippen LogP contribution in [0.25, 0.3) is 0 Å². The van der Waals surface area contributed by atoms with Gasteiger partial charge in [0.15, 0.2) is 0 Å². The zero-order chi connectivity index (χ0) is 18.9. The number of benzene rings is 1. The lowest BCUT2D eigenvalue weighted by atomic mass is 9.76. The van der Waals surface area contributed by atoms with E-state index < -0.39 is 0 Å². The Morgan fingerprint density at radius 1 is 0.889 bits per heavy atom. The molecule has 1 aromatic carbocycles. The molecule has 0 amide bonds. The van der Waals surface area contributed by atoms with E-state index in [9.17, 15) is 0 Å². The van der Waals surface area contributed by atoms with E-state index >= 15 is 0 Å². The fourth-order valence-electron chi connectivity index (χ4n) is 5.58. The number of hydrogen-bond donors (Lipinski definition) is 0. The van der Waals surface area contributed by atoms with Gasteiger partial charge in [0.2, 0.25) is 0 Å². The molecule has 2 aliphatic rings. The van der Waals surface area contributed by atoms with Crippen molar-refractivity contribution in [1.82, 2.24) is 0 Å². The largest absolute Gasteiger partial charge is 0.192 e. The molecule has 0 bridgehead atoms. The lowest BCUT2D eigenvalue weighted by molar-refractivity contribution is 0.280. The van der Waals surface area contributed by atoms with Crippen LogP contribution in [-0.2, 0) is 0 Å². The normalized spacial score (nSPS) is 28.6. The van der Waals surface area contributed by atoms with Gasteiger partial charge in [-0.2, -0.15) is 5.26 Å². The summed E-state index contributed by atoms with van der Waals surface area (Å²) >= 11 is 0. The maximum Gasteiger partial charge on any atom is 0.0991 e. The number of nitrogens with zero attached hydrogens (tertiary/aromatic N) is 1. The Labute approximate surface area is 169 Å². The maximum atomic E-state index is 8.96. The van der Waals surface area contributed by atoms with Crippen LogP contribution < -0.4 is 0 Å². The van der Waals surface area contributed by atoms with Crippen molar-refractivity contribution in [3.63, 3.8) is 0 Å². The molecule has 0 atom stereocenters. The molecule has 3 rings (SSSR count). The summed E-state index contributed by atoms with van der Waals surface area (Å²) in [5.41, 5.74) is 2.24. The first kappa shape index (κ1) is 20.7. The average Bonchev–Trinajstić information content (AvgIpc) is 2.74. The van der Waals surface area contributed by atoms with Crippen LogP contribution in [0.2, 0.25) is 18.1 Å². The molecule has 1 saturated carbocycles. The minimum Gasteiger partial charge on any atom is -0.192 e. The van der Waals surface area contributed by atoms with Crippen LogP contribution in [0.1, 0.15) is 94.6 Å². The molecule has 148 valence electrons. The summed E-state index contributed by atoms with van der Waals surface area (Å²) in [5.74, 6) is 2.79. The van der Waals surface area contributed by atoms with Crippen LogP contribution in [0.4, 0.5) is 0 Å². The van der Waals surface area contributed by atoms with E-state index in [0.29, 0.717) is 0 Å². The molecule has 0 aromatic heterocycles. The zero-order valence-corrected chi connectivity index (χ0v) is 18.6. The van der Waals surface area contributed by atoms with Gasteiger partial charge in [-0.3, -0.25) is 0 Å².